The molecule has 0 unspecified atom stereocenters. The van der Waals surface area contributed by atoms with Crippen molar-refractivity contribution in [2.24, 2.45) is 11.8 Å². The predicted molar refractivity (Wildman–Crippen MR) is 85.2 cm³/mol. The number of hydrogen-bond acceptors (Lipinski definition) is 2. The number of carbonyl (C=O) groups excluding carboxylic acids is 1. The second-order valence-electron chi connectivity index (χ2n) is 6.23. The Hall–Kier alpha value is -1.12. The van der Waals surface area contributed by atoms with Crippen molar-refractivity contribution in [3.8, 4) is 0 Å². The summed E-state index contributed by atoms with van der Waals surface area (Å²) in [6.07, 6.45) is 15.1. The highest BCUT2D eigenvalue weighted by Crippen LogP contribution is 2.31. The molecular formula is C18H30O3. The van der Waals surface area contributed by atoms with Gasteiger partial charge in [0, 0.05) is 12.3 Å². The number of rotatable bonds is 12. The Labute approximate surface area is 128 Å². The maximum Gasteiger partial charge on any atom is 0.303 e. The lowest BCUT2D eigenvalue weighted by atomic mass is 9.86. The largest absolute Gasteiger partial charge is 0.481 e. The van der Waals surface area contributed by atoms with Crippen LogP contribution in [-0.4, -0.2) is 16.9 Å². The van der Waals surface area contributed by atoms with Crippen LogP contribution in [0.5, 0.6) is 0 Å². The van der Waals surface area contributed by atoms with E-state index in [0.717, 1.165) is 44.9 Å². The molecule has 3 heteroatoms. The van der Waals surface area contributed by atoms with E-state index in [2.05, 4.69) is 13.0 Å². The number of carboxylic acids is 1. The third-order valence-corrected chi connectivity index (χ3v) is 4.44. The van der Waals surface area contributed by atoms with Crippen LogP contribution in [0, 0.1) is 11.8 Å². The molecule has 0 aromatic heterocycles. The number of hydrogen-bond donors (Lipinski definition) is 1. The molecule has 0 amide bonds. The van der Waals surface area contributed by atoms with Gasteiger partial charge >= 0.3 is 5.97 Å². The predicted octanol–water partition coefficient (Wildman–Crippen LogP) is 4.75. The van der Waals surface area contributed by atoms with Gasteiger partial charge in [0.1, 0.15) is 0 Å². The van der Waals surface area contributed by atoms with Gasteiger partial charge in [-0.1, -0.05) is 57.9 Å². The topological polar surface area (TPSA) is 54.4 Å². The molecule has 0 saturated heterocycles. The van der Waals surface area contributed by atoms with Crippen molar-refractivity contribution >= 4 is 11.8 Å². The molecule has 0 aromatic rings. The molecular weight excluding hydrogens is 264 g/mol. The van der Waals surface area contributed by atoms with Crippen molar-refractivity contribution in [2.75, 3.05) is 0 Å². The Balaban J connectivity index is 2.11. The summed E-state index contributed by atoms with van der Waals surface area (Å²) < 4.78 is 0. The molecule has 0 spiro atoms. The summed E-state index contributed by atoms with van der Waals surface area (Å²) >= 11 is 0. The molecule has 1 aliphatic rings. The summed E-state index contributed by atoms with van der Waals surface area (Å²) in [5.41, 5.74) is 0. The van der Waals surface area contributed by atoms with Crippen LogP contribution in [0.15, 0.2) is 12.2 Å². The van der Waals surface area contributed by atoms with Gasteiger partial charge in [0.05, 0.1) is 0 Å². The van der Waals surface area contributed by atoms with Crippen LogP contribution in [0.2, 0.25) is 0 Å². The zero-order valence-corrected chi connectivity index (χ0v) is 13.4. The van der Waals surface area contributed by atoms with Gasteiger partial charge in [-0.05, 0) is 31.3 Å². The SMILES string of the molecule is CCCCC[C@@H]1C(=O)C=C[C@@H]1CCCCCCCC(=O)O. The normalized spacial score (nSPS) is 21.1. The molecule has 120 valence electrons. The van der Waals surface area contributed by atoms with Crippen molar-refractivity contribution in [3.63, 3.8) is 0 Å². The van der Waals surface area contributed by atoms with Crippen molar-refractivity contribution in [2.45, 2.75) is 77.6 Å². The quantitative estimate of drug-likeness (QED) is 0.528. The van der Waals surface area contributed by atoms with Gasteiger partial charge in [0.2, 0.25) is 0 Å². The van der Waals surface area contributed by atoms with Gasteiger partial charge in [0.25, 0.3) is 0 Å². The summed E-state index contributed by atoms with van der Waals surface area (Å²) in [7, 11) is 0. The number of unbranched alkanes of at least 4 members (excludes halogenated alkanes) is 6. The molecule has 1 N–H and O–H groups in total. The van der Waals surface area contributed by atoms with E-state index in [0.29, 0.717) is 18.1 Å². The summed E-state index contributed by atoms with van der Waals surface area (Å²) in [5, 5.41) is 8.56. The highest BCUT2D eigenvalue weighted by Gasteiger charge is 2.28. The average molecular weight is 294 g/mol. The van der Waals surface area contributed by atoms with E-state index in [9.17, 15) is 9.59 Å². The molecule has 1 aliphatic carbocycles. The first-order valence-corrected chi connectivity index (χ1v) is 8.59. The van der Waals surface area contributed by atoms with E-state index < -0.39 is 5.97 Å². The first-order chi connectivity index (χ1) is 10.1. The molecule has 0 aliphatic heterocycles. The van der Waals surface area contributed by atoms with E-state index in [1.807, 2.05) is 0 Å². The molecule has 1 rings (SSSR count). The van der Waals surface area contributed by atoms with Crippen LogP contribution < -0.4 is 0 Å². The van der Waals surface area contributed by atoms with Gasteiger partial charge in [-0.25, -0.2) is 0 Å². The van der Waals surface area contributed by atoms with E-state index in [4.69, 9.17) is 5.11 Å². The monoisotopic (exact) mass is 294 g/mol. The van der Waals surface area contributed by atoms with Crippen LogP contribution >= 0.6 is 0 Å². The molecule has 0 fully saturated rings. The Morgan fingerprint density at radius 2 is 1.71 bits per heavy atom. The third-order valence-electron chi connectivity index (χ3n) is 4.44. The van der Waals surface area contributed by atoms with Gasteiger partial charge < -0.3 is 5.11 Å². The zero-order valence-electron chi connectivity index (χ0n) is 13.4. The number of allylic oxidation sites excluding steroid dienone is 2. The van der Waals surface area contributed by atoms with Crippen molar-refractivity contribution < 1.29 is 14.7 Å². The number of aliphatic carboxylic acids is 1. The Kier molecular flexibility index (Phi) is 9.04. The maximum atomic E-state index is 11.9. The van der Waals surface area contributed by atoms with Crippen LogP contribution in [0.4, 0.5) is 0 Å². The summed E-state index contributed by atoms with van der Waals surface area (Å²) in [6.45, 7) is 2.19. The Morgan fingerprint density at radius 1 is 1.05 bits per heavy atom. The molecule has 0 bridgehead atoms. The van der Waals surface area contributed by atoms with Crippen LogP contribution in [-0.2, 0) is 9.59 Å². The number of ketones is 1. The summed E-state index contributed by atoms with van der Waals surface area (Å²) in [5.74, 6) is 0.328. The van der Waals surface area contributed by atoms with Crippen molar-refractivity contribution in [1.29, 1.82) is 0 Å². The van der Waals surface area contributed by atoms with Crippen molar-refractivity contribution in [3.05, 3.63) is 12.2 Å². The van der Waals surface area contributed by atoms with E-state index in [1.165, 1.54) is 19.3 Å². The molecule has 0 heterocycles. The van der Waals surface area contributed by atoms with E-state index >= 15 is 0 Å². The van der Waals surface area contributed by atoms with Crippen LogP contribution in [0.3, 0.4) is 0 Å². The van der Waals surface area contributed by atoms with Gasteiger partial charge in [-0.15, -0.1) is 0 Å². The average Bonchev–Trinajstić information content (AvgIpc) is 2.79. The third kappa shape index (κ3) is 7.45. The molecule has 3 nitrogen and oxygen atoms in total. The molecule has 2 atom stereocenters. The second-order valence-corrected chi connectivity index (χ2v) is 6.23. The lowest BCUT2D eigenvalue weighted by Gasteiger charge is -2.17. The minimum Gasteiger partial charge on any atom is -0.481 e. The van der Waals surface area contributed by atoms with Crippen LogP contribution in [0.25, 0.3) is 0 Å². The highest BCUT2D eigenvalue weighted by molar-refractivity contribution is 5.94. The number of carbonyl (C=O) groups is 2. The molecule has 21 heavy (non-hydrogen) atoms. The first kappa shape index (κ1) is 17.9. The van der Waals surface area contributed by atoms with Gasteiger partial charge in [0.15, 0.2) is 5.78 Å². The molecule has 0 saturated carbocycles. The zero-order chi connectivity index (χ0) is 15.5. The Bertz CT molecular complexity index is 346. The van der Waals surface area contributed by atoms with Crippen molar-refractivity contribution in [1.82, 2.24) is 0 Å². The second kappa shape index (κ2) is 10.6. The minimum absolute atomic E-state index is 0.239. The smallest absolute Gasteiger partial charge is 0.303 e. The summed E-state index contributed by atoms with van der Waals surface area (Å²) in [4.78, 5) is 22.3. The van der Waals surface area contributed by atoms with E-state index in [1.54, 1.807) is 6.08 Å². The summed E-state index contributed by atoms with van der Waals surface area (Å²) in [6, 6.07) is 0. The lowest BCUT2D eigenvalue weighted by molar-refractivity contribution is -0.137. The highest BCUT2D eigenvalue weighted by atomic mass is 16.4. The first-order valence-electron chi connectivity index (χ1n) is 8.59. The lowest BCUT2D eigenvalue weighted by Crippen LogP contribution is -2.16. The molecule has 0 radical (unpaired) electrons. The fourth-order valence-electron chi connectivity index (χ4n) is 3.14. The maximum absolute atomic E-state index is 11.9. The van der Waals surface area contributed by atoms with E-state index in [-0.39, 0.29) is 5.92 Å². The fourth-order valence-corrected chi connectivity index (χ4v) is 3.14. The minimum atomic E-state index is -0.695. The van der Waals surface area contributed by atoms with Gasteiger partial charge in [-0.3, -0.25) is 9.59 Å². The van der Waals surface area contributed by atoms with Gasteiger partial charge in [-0.2, -0.15) is 0 Å². The Morgan fingerprint density at radius 3 is 2.43 bits per heavy atom. The standard InChI is InChI=1S/C18H30O3/c1-2-3-7-11-16-15(13-14-17(16)19)10-8-5-4-6-9-12-18(20)21/h13-16H,2-12H2,1H3,(H,20,21)/t15-,16-/m0/s1. The van der Waals surface area contributed by atoms with Crippen LogP contribution in [0.1, 0.15) is 77.6 Å². The molecule has 0 aromatic carbocycles. The fraction of sp³-hybridized carbons (Fsp3) is 0.778. The number of carboxylic acid groups (broad SMARTS) is 1.